The third-order valence-electron chi connectivity index (χ3n) is 3.20. The molecule has 0 amide bonds. The van der Waals surface area contributed by atoms with Crippen LogP contribution in [-0.4, -0.2) is 29.0 Å². The maximum Gasteiger partial charge on any atom is 0.0610 e. The number of aliphatic hydroxyl groups is 1. The highest BCUT2D eigenvalue weighted by Gasteiger charge is 2.22. The monoisotopic (exact) mass is 315 g/mol. The summed E-state index contributed by atoms with van der Waals surface area (Å²) in [5.74, 6) is 1.06. The average Bonchev–Trinajstić information content (AvgIpc) is 2.39. The van der Waals surface area contributed by atoms with E-state index in [2.05, 4.69) is 32.2 Å². The van der Waals surface area contributed by atoms with Gasteiger partial charge in [0, 0.05) is 16.5 Å². The zero-order valence-corrected chi connectivity index (χ0v) is 14.2. The second-order valence-electron chi connectivity index (χ2n) is 5.75. The molecule has 0 aromatic heterocycles. The van der Waals surface area contributed by atoms with Crippen LogP contribution >= 0.6 is 23.4 Å². The zero-order valence-electron chi connectivity index (χ0n) is 12.7. The van der Waals surface area contributed by atoms with E-state index in [-0.39, 0.29) is 12.1 Å². The fourth-order valence-electron chi connectivity index (χ4n) is 2.25. The molecule has 1 atom stereocenters. The van der Waals surface area contributed by atoms with E-state index in [1.54, 1.807) is 11.8 Å². The minimum atomic E-state index is -0.163. The molecule has 0 saturated heterocycles. The van der Waals surface area contributed by atoms with Crippen molar-refractivity contribution in [2.75, 3.05) is 12.4 Å². The van der Waals surface area contributed by atoms with Crippen LogP contribution < -0.4 is 5.32 Å². The number of hydrogen-bond donors (Lipinski definition) is 2. The van der Waals surface area contributed by atoms with Crippen LogP contribution in [0.4, 0.5) is 0 Å². The average molecular weight is 316 g/mol. The summed E-state index contributed by atoms with van der Waals surface area (Å²) in [5.41, 5.74) is -0.163. The van der Waals surface area contributed by atoms with Gasteiger partial charge in [-0.05, 0) is 37.7 Å². The number of benzene rings is 1. The SMILES string of the molecule is CC(C)NC(C)(CO)CCCCSc1ccccc1Cl. The van der Waals surface area contributed by atoms with Crippen LogP contribution in [0.25, 0.3) is 0 Å². The predicted octanol–water partition coefficient (Wildman–Crippen LogP) is 4.35. The lowest BCUT2D eigenvalue weighted by Gasteiger charge is -2.31. The van der Waals surface area contributed by atoms with Gasteiger partial charge >= 0.3 is 0 Å². The van der Waals surface area contributed by atoms with Gasteiger partial charge < -0.3 is 10.4 Å². The smallest absolute Gasteiger partial charge is 0.0610 e. The molecule has 0 radical (unpaired) electrons. The number of thioether (sulfide) groups is 1. The minimum absolute atomic E-state index is 0.163. The topological polar surface area (TPSA) is 32.3 Å². The Kier molecular flexibility index (Phi) is 7.96. The Labute approximate surface area is 132 Å². The second-order valence-corrected chi connectivity index (χ2v) is 7.30. The van der Waals surface area contributed by atoms with Crippen molar-refractivity contribution in [1.29, 1.82) is 0 Å². The standard InChI is InChI=1S/C16H26ClNOS/c1-13(2)18-16(3,12-19)10-6-7-11-20-15-9-5-4-8-14(15)17/h4-5,8-9,13,18-19H,6-7,10-12H2,1-3H3. The molecular weight excluding hydrogens is 290 g/mol. The number of aliphatic hydroxyl groups excluding tert-OH is 1. The van der Waals surface area contributed by atoms with Crippen molar-refractivity contribution in [3.63, 3.8) is 0 Å². The molecule has 2 nitrogen and oxygen atoms in total. The van der Waals surface area contributed by atoms with E-state index in [1.165, 1.54) is 0 Å². The summed E-state index contributed by atoms with van der Waals surface area (Å²) in [6, 6.07) is 8.36. The maximum absolute atomic E-state index is 9.52. The Hall–Kier alpha value is -0.220. The summed E-state index contributed by atoms with van der Waals surface area (Å²) >= 11 is 7.93. The minimum Gasteiger partial charge on any atom is -0.394 e. The van der Waals surface area contributed by atoms with Gasteiger partial charge in [0.05, 0.1) is 11.6 Å². The summed E-state index contributed by atoms with van der Waals surface area (Å²) in [5, 5.41) is 13.8. The molecule has 0 saturated carbocycles. The van der Waals surface area contributed by atoms with E-state index in [9.17, 15) is 5.11 Å². The molecule has 114 valence electrons. The van der Waals surface area contributed by atoms with Gasteiger partial charge in [-0.25, -0.2) is 0 Å². The van der Waals surface area contributed by atoms with Gasteiger partial charge in [0.2, 0.25) is 0 Å². The zero-order chi connectivity index (χ0) is 15.0. The first kappa shape index (κ1) is 17.8. The lowest BCUT2D eigenvalue weighted by molar-refractivity contribution is 0.154. The molecule has 1 aromatic rings. The first-order valence-electron chi connectivity index (χ1n) is 7.23. The normalized spacial score (nSPS) is 14.5. The predicted molar refractivity (Wildman–Crippen MR) is 89.8 cm³/mol. The molecule has 1 aromatic carbocycles. The summed E-state index contributed by atoms with van der Waals surface area (Å²) < 4.78 is 0. The Morgan fingerprint density at radius 2 is 2.00 bits per heavy atom. The highest BCUT2D eigenvalue weighted by molar-refractivity contribution is 7.99. The van der Waals surface area contributed by atoms with Crippen LogP contribution in [0.1, 0.15) is 40.0 Å². The van der Waals surface area contributed by atoms with Crippen molar-refractivity contribution in [2.45, 2.75) is 56.5 Å². The van der Waals surface area contributed by atoms with Crippen molar-refractivity contribution >= 4 is 23.4 Å². The van der Waals surface area contributed by atoms with Crippen molar-refractivity contribution < 1.29 is 5.11 Å². The van der Waals surface area contributed by atoms with E-state index >= 15 is 0 Å². The fraction of sp³-hybridized carbons (Fsp3) is 0.625. The fourth-order valence-corrected chi connectivity index (χ4v) is 3.50. The third-order valence-corrected chi connectivity index (χ3v) is 4.80. The molecule has 0 spiro atoms. The highest BCUT2D eigenvalue weighted by atomic mass is 35.5. The highest BCUT2D eigenvalue weighted by Crippen LogP contribution is 2.27. The van der Waals surface area contributed by atoms with Crippen LogP contribution in [0, 0.1) is 0 Å². The van der Waals surface area contributed by atoms with E-state index in [0.29, 0.717) is 6.04 Å². The van der Waals surface area contributed by atoms with Crippen LogP contribution in [0.15, 0.2) is 29.2 Å². The van der Waals surface area contributed by atoms with Gasteiger partial charge in [-0.2, -0.15) is 0 Å². The van der Waals surface area contributed by atoms with E-state index in [0.717, 1.165) is 34.9 Å². The maximum atomic E-state index is 9.52. The Balaban J connectivity index is 2.26. The summed E-state index contributed by atoms with van der Waals surface area (Å²) in [7, 11) is 0. The molecule has 2 N–H and O–H groups in total. The number of nitrogens with one attached hydrogen (secondary N) is 1. The van der Waals surface area contributed by atoms with Crippen LogP contribution in [0.3, 0.4) is 0 Å². The molecule has 0 heterocycles. The summed E-state index contributed by atoms with van der Waals surface area (Å²) in [6.07, 6.45) is 3.23. The van der Waals surface area contributed by atoms with Crippen LogP contribution in [0.2, 0.25) is 5.02 Å². The Morgan fingerprint density at radius 1 is 1.30 bits per heavy atom. The summed E-state index contributed by atoms with van der Waals surface area (Å²) in [4.78, 5) is 1.15. The van der Waals surface area contributed by atoms with Crippen molar-refractivity contribution in [1.82, 2.24) is 5.32 Å². The van der Waals surface area contributed by atoms with Crippen molar-refractivity contribution in [3.05, 3.63) is 29.3 Å². The number of rotatable bonds is 9. The Bertz CT molecular complexity index is 400. The number of hydrogen-bond acceptors (Lipinski definition) is 3. The van der Waals surface area contributed by atoms with Gasteiger partial charge in [-0.3, -0.25) is 0 Å². The van der Waals surface area contributed by atoms with E-state index in [1.807, 2.05) is 18.2 Å². The van der Waals surface area contributed by atoms with E-state index in [4.69, 9.17) is 11.6 Å². The van der Waals surface area contributed by atoms with Gasteiger partial charge in [0.25, 0.3) is 0 Å². The van der Waals surface area contributed by atoms with Gasteiger partial charge in [-0.1, -0.05) is 44.0 Å². The number of unbranched alkanes of at least 4 members (excludes halogenated alkanes) is 1. The quantitative estimate of drug-likeness (QED) is 0.525. The molecule has 0 bridgehead atoms. The van der Waals surface area contributed by atoms with Gasteiger partial charge in [0.15, 0.2) is 0 Å². The molecule has 20 heavy (non-hydrogen) atoms. The van der Waals surface area contributed by atoms with Crippen molar-refractivity contribution in [3.8, 4) is 0 Å². The lowest BCUT2D eigenvalue weighted by Crippen LogP contribution is -2.49. The summed E-state index contributed by atoms with van der Waals surface area (Å²) in [6.45, 7) is 6.50. The first-order chi connectivity index (χ1) is 9.47. The molecule has 1 unspecified atom stereocenters. The van der Waals surface area contributed by atoms with Gasteiger partial charge in [-0.15, -0.1) is 11.8 Å². The molecule has 1 rings (SSSR count). The van der Waals surface area contributed by atoms with Crippen LogP contribution in [-0.2, 0) is 0 Å². The molecule has 0 fully saturated rings. The molecular formula is C16H26ClNOS. The molecule has 0 aliphatic heterocycles. The second kappa shape index (κ2) is 8.93. The number of halogens is 1. The third kappa shape index (κ3) is 6.49. The van der Waals surface area contributed by atoms with E-state index < -0.39 is 0 Å². The Morgan fingerprint density at radius 3 is 2.60 bits per heavy atom. The largest absolute Gasteiger partial charge is 0.394 e. The van der Waals surface area contributed by atoms with Crippen LogP contribution in [0.5, 0.6) is 0 Å². The molecule has 0 aliphatic carbocycles. The lowest BCUT2D eigenvalue weighted by atomic mass is 9.95. The molecule has 0 aliphatic rings. The van der Waals surface area contributed by atoms with Crippen molar-refractivity contribution in [2.24, 2.45) is 0 Å². The molecule has 4 heteroatoms. The first-order valence-corrected chi connectivity index (χ1v) is 8.59. The van der Waals surface area contributed by atoms with Gasteiger partial charge in [0.1, 0.15) is 0 Å².